The van der Waals surface area contributed by atoms with Gasteiger partial charge in [-0.15, -0.1) is 0 Å². The summed E-state index contributed by atoms with van der Waals surface area (Å²) >= 11 is 0. The summed E-state index contributed by atoms with van der Waals surface area (Å²) in [5.74, 6) is -1.20. The van der Waals surface area contributed by atoms with Crippen LogP contribution in [0.25, 0.3) is 11.1 Å². The molecule has 7 heteroatoms. The molecular formula is C27H32N2O5. The van der Waals surface area contributed by atoms with Gasteiger partial charge in [0.1, 0.15) is 6.61 Å². The minimum Gasteiger partial charge on any atom is -0.481 e. The molecule has 0 aromatic heterocycles. The minimum absolute atomic E-state index is 0.00455. The van der Waals surface area contributed by atoms with Gasteiger partial charge in [0.15, 0.2) is 0 Å². The molecule has 0 spiro atoms. The third-order valence-electron chi connectivity index (χ3n) is 7.10. The van der Waals surface area contributed by atoms with Crippen LogP contribution >= 0.6 is 0 Å². The van der Waals surface area contributed by atoms with E-state index in [1.54, 1.807) is 6.92 Å². The molecule has 4 rings (SSSR count). The fraction of sp³-hybridized carbons (Fsp3) is 0.444. The highest BCUT2D eigenvalue weighted by Gasteiger charge is 2.29. The predicted molar refractivity (Wildman–Crippen MR) is 128 cm³/mol. The maximum atomic E-state index is 12.4. The molecule has 3 N–H and O–H groups in total. The number of rotatable bonds is 8. The quantitative estimate of drug-likeness (QED) is 0.544. The van der Waals surface area contributed by atoms with E-state index in [4.69, 9.17) is 9.84 Å². The van der Waals surface area contributed by atoms with E-state index in [0.717, 1.165) is 24.0 Å². The van der Waals surface area contributed by atoms with E-state index >= 15 is 0 Å². The van der Waals surface area contributed by atoms with Gasteiger partial charge in [0, 0.05) is 19.0 Å². The van der Waals surface area contributed by atoms with E-state index in [1.165, 1.54) is 11.1 Å². The second-order valence-corrected chi connectivity index (χ2v) is 9.41. The van der Waals surface area contributed by atoms with Crippen molar-refractivity contribution in [3.05, 3.63) is 59.7 Å². The Morgan fingerprint density at radius 1 is 0.941 bits per heavy atom. The zero-order valence-electron chi connectivity index (χ0n) is 19.5. The van der Waals surface area contributed by atoms with Crippen LogP contribution in [0.3, 0.4) is 0 Å². The number of amides is 2. The van der Waals surface area contributed by atoms with Crippen molar-refractivity contribution in [1.29, 1.82) is 0 Å². The average molecular weight is 465 g/mol. The lowest BCUT2D eigenvalue weighted by molar-refractivity contribution is -0.143. The number of carboxylic acids is 1. The Hall–Kier alpha value is -3.35. The summed E-state index contributed by atoms with van der Waals surface area (Å²) in [6.45, 7) is 2.73. The molecule has 2 aromatic carbocycles. The lowest BCUT2D eigenvalue weighted by Gasteiger charge is -2.26. The van der Waals surface area contributed by atoms with E-state index in [9.17, 15) is 14.4 Å². The number of carbonyl (C=O) groups is 3. The first-order valence-electron chi connectivity index (χ1n) is 12.0. The number of carboxylic acid groups (broad SMARTS) is 1. The maximum absolute atomic E-state index is 12.4. The number of hydrogen-bond donors (Lipinski definition) is 3. The van der Waals surface area contributed by atoms with Crippen LogP contribution in [0.4, 0.5) is 4.79 Å². The predicted octanol–water partition coefficient (Wildman–Crippen LogP) is 4.17. The van der Waals surface area contributed by atoms with Gasteiger partial charge in [0.2, 0.25) is 5.91 Å². The van der Waals surface area contributed by atoms with Crippen molar-refractivity contribution in [3.8, 4) is 11.1 Å². The highest BCUT2D eigenvalue weighted by atomic mass is 16.5. The second-order valence-electron chi connectivity index (χ2n) is 9.41. The molecule has 34 heavy (non-hydrogen) atoms. The molecule has 1 atom stereocenters. The molecule has 2 aliphatic rings. The summed E-state index contributed by atoms with van der Waals surface area (Å²) < 4.78 is 5.52. The monoisotopic (exact) mass is 464 g/mol. The molecule has 2 aromatic rings. The Morgan fingerprint density at radius 3 is 2.12 bits per heavy atom. The summed E-state index contributed by atoms with van der Waals surface area (Å²) in [6.07, 6.45) is 2.41. The smallest absolute Gasteiger partial charge is 0.407 e. The Balaban J connectivity index is 1.19. The number of nitrogens with one attached hydrogen (secondary N) is 2. The Morgan fingerprint density at radius 2 is 1.53 bits per heavy atom. The number of fused-ring (bicyclic) bond motifs is 3. The van der Waals surface area contributed by atoms with Crippen molar-refractivity contribution in [1.82, 2.24) is 10.6 Å². The first kappa shape index (κ1) is 23.8. The third-order valence-corrected chi connectivity index (χ3v) is 7.10. The van der Waals surface area contributed by atoms with Gasteiger partial charge in [-0.3, -0.25) is 9.59 Å². The highest BCUT2D eigenvalue weighted by molar-refractivity contribution is 5.80. The molecule has 2 amide bonds. The first-order valence-corrected chi connectivity index (χ1v) is 12.0. The molecule has 0 aliphatic heterocycles. The van der Waals surface area contributed by atoms with E-state index < -0.39 is 18.0 Å². The van der Waals surface area contributed by atoms with Crippen molar-refractivity contribution in [3.63, 3.8) is 0 Å². The van der Waals surface area contributed by atoms with Gasteiger partial charge in [-0.1, -0.05) is 55.5 Å². The van der Waals surface area contributed by atoms with Crippen molar-refractivity contribution in [2.45, 2.75) is 38.5 Å². The van der Waals surface area contributed by atoms with Gasteiger partial charge >= 0.3 is 12.1 Å². The maximum Gasteiger partial charge on any atom is 0.407 e. The number of carbonyl (C=O) groups excluding carboxylic acids is 2. The molecule has 1 saturated carbocycles. The zero-order chi connectivity index (χ0) is 24.1. The van der Waals surface area contributed by atoms with Crippen molar-refractivity contribution in [2.24, 2.45) is 17.8 Å². The van der Waals surface area contributed by atoms with E-state index in [-0.39, 0.29) is 30.9 Å². The molecule has 1 fully saturated rings. The molecule has 180 valence electrons. The van der Waals surface area contributed by atoms with Crippen molar-refractivity contribution >= 4 is 18.0 Å². The molecule has 1 unspecified atom stereocenters. The SMILES string of the molecule is CC(CNC(=O)OCC1c2ccccc2-c2ccccc21)C(=O)NCC1CCC(C(=O)O)CC1. The van der Waals surface area contributed by atoms with Gasteiger partial charge in [-0.2, -0.15) is 0 Å². The van der Waals surface area contributed by atoms with Crippen LogP contribution < -0.4 is 10.6 Å². The van der Waals surface area contributed by atoms with Crippen LogP contribution in [0.1, 0.15) is 49.7 Å². The number of aliphatic carboxylic acids is 1. The van der Waals surface area contributed by atoms with Crippen LogP contribution in [0, 0.1) is 17.8 Å². The van der Waals surface area contributed by atoms with Gasteiger partial charge < -0.3 is 20.5 Å². The van der Waals surface area contributed by atoms with E-state index in [0.29, 0.717) is 25.3 Å². The molecule has 0 radical (unpaired) electrons. The average Bonchev–Trinajstić information content (AvgIpc) is 3.18. The Labute approximate surface area is 199 Å². The van der Waals surface area contributed by atoms with Crippen LogP contribution in [-0.4, -0.2) is 42.8 Å². The summed E-state index contributed by atoms with van der Waals surface area (Å²) in [6, 6.07) is 16.3. The number of alkyl carbamates (subject to hydrolysis) is 1. The van der Waals surface area contributed by atoms with Gasteiger partial charge in [-0.25, -0.2) is 4.79 Å². The summed E-state index contributed by atoms with van der Waals surface area (Å²) in [5, 5.41) is 14.7. The first-order chi connectivity index (χ1) is 16.4. The zero-order valence-corrected chi connectivity index (χ0v) is 19.5. The molecule has 0 bridgehead atoms. The van der Waals surface area contributed by atoms with E-state index in [2.05, 4.69) is 34.9 Å². The fourth-order valence-corrected chi connectivity index (χ4v) is 5.01. The van der Waals surface area contributed by atoms with Gasteiger partial charge in [0.05, 0.1) is 11.8 Å². The van der Waals surface area contributed by atoms with Gasteiger partial charge in [0.25, 0.3) is 0 Å². The summed E-state index contributed by atoms with van der Waals surface area (Å²) in [5.41, 5.74) is 4.66. The molecule has 7 nitrogen and oxygen atoms in total. The Bertz CT molecular complexity index is 999. The van der Waals surface area contributed by atoms with Crippen molar-refractivity contribution in [2.75, 3.05) is 19.7 Å². The third kappa shape index (κ3) is 5.41. The van der Waals surface area contributed by atoms with Crippen LogP contribution in [0.2, 0.25) is 0 Å². The molecule has 2 aliphatic carbocycles. The second kappa shape index (κ2) is 10.7. The number of ether oxygens (including phenoxy) is 1. The molecule has 0 heterocycles. The Kier molecular flexibility index (Phi) is 7.50. The summed E-state index contributed by atoms with van der Waals surface area (Å²) in [7, 11) is 0. The number of benzene rings is 2. The largest absolute Gasteiger partial charge is 0.481 e. The summed E-state index contributed by atoms with van der Waals surface area (Å²) in [4.78, 5) is 35.8. The highest BCUT2D eigenvalue weighted by Crippen LogP contribution is 2.44. The number of hydrogen-bond acceptors (Lipinski definition) is 4. The fourth-order valence-electron chi connectivity index (χ4n) is 5.01. The van der Waals surface area contributed by atoms with Gasteiger partial charge in [-0.05, 0) is 53.9 Å². The lowest BCUT2D eigenvalue weighted by Crippen LogP contribution is -2.40. The topological polar surface area (TPSA) is 105 Å². The van der Waals surface area contributed by atoms with E-state index in [1.807, 2.05) is 24.3 Å². The molecule has 0 saturated heterocycles. The van der Waals surface area contributed by atoms with Crippen LogP contribution in [0.5, 0.6) is 0 Å². The molecular weight excluding hydrogens is 432 g/mol. The minimum atomic E-state index is -0.726. The van der Waals surface area contributed by atoms with Crippen LogP contribution in [-0.2, 0) is 14.3 Å². The van der Waals surface area contributed by atoms with Crippen molar-refractivity contribution < 1.29 is 24.2 Å². The normalized spacial score (nSPS) is 20.0. The standard InChI is InChI=1S/C27H32N2O5/c1-17(25(30)28-15-18-10-12-19(13-11-18)26(31)32)14-29-27(33)34-16-24-22-8-4-2-6-20(22)21-7-3-5-9-23(21)24/h2-9,17-19,24H,10-16H2,1H3,(H,28,30)(H,29,33)(H,31,32). The van der Waals surface area contributed by atoms with Crippen LogP contribution in [0.15, 0.2) is 48.5 Å². The lowest BCUT2D eigenvalue weighted by atomic mass is 9.82.